The van der Waals surface area contributed by atoms with E-state index in [1.54, 1.807) is 25.3 Å². The second kappa shape index (κ2) is 7.06. The molecule has 0 aliphatic rings. The molecule has 1 N–H and O–H groups in total. The van der Waals surface area contributed by atoms with Gasteiger partial charge >= 0.3 is 6.03 Å². The minimum absolute atomic E-state index is 0.0375. The smallest absolute Gasteiger partial charge is 0.317 e. The summed E-state index contributed by atoms with van der Waals surface area (Å²) in [4.78, 5) is 17.9. The average Bonchev–Trinajstić information content (AvgIpc) is 2.89. The van der Waals surface area contributed by atoms with Crippen molar-refractivity contribution < 1.29 is 13.2 Å². The first-order valence-electron chi connectivity index (χ1n) is 6.95. The third-order valence-electron chi connectivity index (χ3n) is 3.19. The van der Waals surface area contributed by atoms with Crippen LogP contribution in [0, 0.1) is 0 Å². The Morgan fingerprint density at radius 3 is 2.77 bits per heavy atom. The molecule has 8 heteroatoms. The molecule has 1 aromatic carbocycles. The van der Waals surface area contributed by atoms with Crippen molar-refractivity contribution in [1.82, 2.24) is 15.2 Å². The second-order valence-electron chi connectivity index (χ2n) is 4.90. The Bertz CT molecular complexity index is 723. The zero-order valence-electron chi connectivity index (χ0n) is 12.6. The summed E-state index contributed by atoms with van der Waals surface area (Å²) in [5.74, 6) is 0.0502. The highest BCUT2D eigenvalue weighted by molar-refractivity contribution is 7.91. The number of fused-ring (bicyclic) bond motifs is 1. The number of nitrogens with zero attached hydrogens (tertiary/aromatic N) is 2. The lowest BCUT2D eigenvalue weighted by Crippen LogP contribution is -2.39. The highest BCUT2D eigenvalue weighted by Crippen LogP contribution is 2.22. The van der Waals surface area contributed by atoms with Gasteiger partial charge < -0.3 is 10.2 Å². The Morgan fingerprint density at radius 2 is 2.09 bits per heavy atom. The molecule has 2 aromatic rings. The van der Waals surface area contributed by atoms with Crippen LogP contribution in [0.15, 0.2) is 24.3 Å². The molecule has 0 atom stereocenters. The maximum Gasteiger partial charge on any atom is 0.317 e. The van der Waals surface area contributed by atoms with E-state index in [2.05, 4.69) is 10.3 Å². The van der Waals surface area contributed by atoms with E-state index in [-0.39, 0.29) is 24.1 Å². The highest BCUT2D eigenvalue weighted by Gasteiger charge is 2.13. The third-order valence-corrected chi connectivity index (χ3v) is 5.91. The zero-order chi connectivity index (χ0) is 16.2. The molecule has 2 amide bonds. The minimum atomic E-state index is -3.06. The van der Waals surface area contributed by atoms with Crippen molar-refractivity contribution in [2.24, 2.45) is 0 Å². The lowest BCUT2D eigenvalue weighted by molar-refractivity contribution is 0.207. The molecular weight excluding hydrogens is 322 g/mol. The molecular formula is C14H19N3O3S2. The molecule has 120 valence electrons. The van der Waals surface area contributed by atoms with Crippen LogP contribution in [0.3, 0.4) is 0 Å². The van der Waals surface area contributed by atoms with Gasteiger partial charge in [0.1, 0.15) is 5.01 Å². The molecule has 0 bridgehead atoms. The van der Waals surface area contributed by atoms with Crippen molar-refractivity contribution in [1.29, 1.82) is 0 Å². The van der Waals surface area contributed by atoms with Crippen LogP contribution < -0.4 is 5.32 Å². The summed E-state index contributed by atoms with van der Waals surface area (Å²) in [6.07, 6.45) is 0. The fourth-order valence-electron chi connectivity index (χ4n) is 1.86. The lowest BCUT2D eigenvalue weighted by atomic mass is 10.3. The van der Waals surface area contributed by atoms with Crippen LogP contribution in [-0.4, -0.2) is 49.4 Å². The number of hydrogen-bond acceptors (Lipinski definition) is 5. The summed E-state index contributed by atoms with van der Waals surface area (Å²) in [6.45, 7) is 2.11. The normalized spacial score (nSPS) is 11.5. The van der Waals surface area contributed by atoms with Gasteiger partial charge in [-0.2, -0.15) is 0 Å². The van der Waals surface area contributed by atoms with Gasteiger partial charge in [0.05, 0.1) is 22.5 Å². The Balaban J connectivity index is 1.88. The molecule has 1 aromatic heterocycles. The summed E-state index contributed by atoms with van der Waals surface area (Å²) in [5.41, 5.74) is 0.922. The van der Waals surface area contributed by atoms with Crippen molar-refractivity contribution in [3.8, 4) is 0 Å². The van der Waals surface area contributed by atoms with Crippen LogP contribution in [0.25, 0.3) is 10.2 Å². The minimum Gasteiger partial charge on any atom is -0.337 e. The van der Waals surface area contributed by atoms with Gasteiger partial charge in [0.2, 0.25) is 0 Å². The van der Waals surface area contributed by atoms with Gasteiger partial charge in [-0.3, -0.25) is 0 Å². The topological polar surface area (TPSA) is 79.4 Å². The van der Waals surface area contributed by atoms with E-state index in [9.17, 15) is 13.2 Å². The van der Waals surface area contributed by atoms with Crippen LogP contribution in [0.4, 0.5) is 4.79 Å². The van der Waals surface area contributed by atoms with Gasteiger partial charge in [-0.15, -0.1) is 11.3 Å². The van der Waals surface area contributed by atoms with Crippen LogP contribution in [0.2, 0.25) is 0 Å². The number of benzene rings is 1. The molecule has 0 unspecified atom stereocenters. The number of sulfone groups is 1. The Hall–Kier alpha value is -1.67. The lowest BCUT2D eigenvalue weighted by Gasteiger charge is -2.16. The highest BCUT2D eigenvalue weighted by atomic mass is 32.2. The van der Waals surface area contributed by atoms with Crippen molar-refractivity contribution in [3.05, 3.63) is 29.3 Å². The predicted octanol–water partition coefficient (Wildman–Crippen LogP) is 1.87. The van der Waals surface area contributed by atoms with Crippen LogP contribution in [0.1, 0.15) is 11.9 Å². The van der Waals surface area contributed by atoms with E-state index in [0.29, 0.717) is 6.54 Å². The molecule has 6 nitrogen and oxygen atoms in total. The van der Waals surface area contributed by atoms with E-state index in [1.807, 2.05) is 24.3 Å². The zero-order valence-corrected chi connectivity index (χ0v) is 14.2. The first-order chi connectivity index (χ1) is 10.4. The molecule has 0 aliphatic carbocycles. The SMILES string of the molecule is CCS(=O)(=O)CCNC(=O)N(C)Cc1nc2ccccc2s1. The van der Waals surface area contributed by atoms with E-state index in [0.717, 1.165) is 15.2 Å². The van der Waals surface area contributed by atoms with E-state index < -0.39 is 9.84 Å². The van der Waals surface area contributed by atoms with Crippen molar-refractivity contribution >= 4 is 37.4 Å². The monoisotopic (exact) mass is 341 g/mol. The molecule has 22 heavy (non-hydrogen) atoms. The number of para-hydroxylation sites is 1. The first kappa shape index (κ1) is 16.7. The van der Waals surface area contributed by atoms with Crippen LogP contribution >= 0.6 is 11.3 Å². The predicted molar refractivity (Wildman–Crippen MR) is 88.8 cm³/mol. The molecule has 0 fully saturated rings. The fourth-order valence-corrected chi connectivity index (χ4v) is 3.58. The number of rotatable bonds is 6. The molecule has 0 saturated heterocycles. The van der Waals surface area contributed by atoms with Gasteiger partial charge in [0, 0.05) is 19.3 Å². The van der Waals surface area contributed by atoms with Gasteiger partial charge in [0.15, 0.2) is 9.84 Å². The number of aromatic nitrogens is 1. The van der Waals surface area contributed by atoms with Gasteiger partial charge in [-0.25, -0.2) is 18.2 Å². The second-order valence-corrected chi connectivity index (χ2v) is 8.49. The Labute approximate surface area is 134 Å². The third kappa shape index (κ3) is 4.41. The van der Waals surface area contributed by atoms with Gasteiger partial charge in [-0.1, -0.05) is 19.1 Å². The standard InChI is InChI=1S/C14H19N3O3S2/c1-3-22(19,20)9-8-15-14(18)17(2)10-13-16-11-6-4-5-7-12(11)21-13/h4-7H,3,8-10H2,1-2H3,(H,15,18). The maximum atomic E-state index is 11.9. The average molecular weight is 341 g/mol. The molecule has 2 rings (SSSR count). The summed E-state index contributed by atoms with van der Waals surface area (Å²) < 4.78 is 23.8. The number of carbonyl (C=O) groups is 1. The maximum absolute atomic E-state index is 11.9. The van der Waals surface area contributed by atoms with E-state index in [1.165, 1.54) is 4.90 Å². The largest absolute Gasteiger partial charge is 0.337 e. The number of amides is 2. The van der Waals surface area contributed by atoms with Crippen molar-refractivity contribution in [2.75, 3.05) is 25.1 Å². The molecule has 1 heterocycles. The van der Waals surface area contributed by atoms with Crippen LogP contribution in [-0.2, 0) is 16.4 Å². The summed E-state index contributed by atoms with van der Waals surface area (Å²) in [5, 5.41) is 3.46. The fraction of sp³-hybridized carbons (Fsp3) is 0.429. The van der Waals surface area contributed by atoms with Crippen LogP contribution in [0.5, 0.6) is 0 Å². The quantitative estimate of drug-likeness (QED) is 0.870. The molecule has 0 radical (unpaired) electrons. The number of hydrogen-bond donors (Lipinski definition) is 1. The Kier molecular flexibility index (Phi) is 5.36. The van der Waals surface area contributed by atoms with Crippen molar-refractivity contribution in [2.45, 2.75) is 13.5 Å². The summed E-state index contributed by atoms with van der Waals surface area (Å²) >= 11 is 1.55. The van der Waals surface area contributed by atoms with E-state index in [4.69, 9.17) is 0 Å². The first-order valence-corrected chi connectivity index (χ1v) is 9.59. The number of nitrogens with one attached hydrogen (secondary N) is 1. The number of carbonyl (C=O) groups excluding carboxylic acids is 1. The van der Waals surface area contributed by atoms with Crippen molar-refractivity contribution in [3.63, 3.8) is 0 Å². The molecule has 0 saturated carbocycles. The number of thiazole rings is 1. The number of urea groups is 1. The Morgan fingerprint density at radius 1 is 1.36 bits per heavy atom. The van der Waals surface area contributed by atoms with Gasteiger partial charge in [-0.05, 0) is 12.1 Å². The molecule has 0 aliphatic heterocycles. The summed E-state index contributed by atoms with van der Waals surface area (Å²) in [6, 6.07) is 7.51. The molecule has 0 spiro atoms. The summed E-state index contributed by atoms with van der Waals surface area (Å²) in [7, 11) is -1.40. The van der Waals surface area contributed by atoms with Gasteiger partial charge in [0.25, 0.3) is 0 Å². The van der Waals surface area contributed by atoms with E-state index >= 15 is 0 Å².